The summed E-state index contributed by atoms with van der Waals surface area (Å²) in [6.07, 6.45) is 5.80. The molecule has 2 N–H and O–H groups in total. The zero-order valence-corrected chi connectivity index (χ0v) is 14.3. The summed E-state index contributed by atoms with van der Waals surface area (Å²) >= 11 is 6.55. The van der Waals surface area contributed by atoms with Crippen LogP contribution in [0, 0.1) is 0 Å². The van der Waals surface area contributed by atoms with Crippen LogP contribution in [0.3, 0.4) is 0 Å². The number of thiocarbonyl (C=S) groups is 1. The van der Waals surface area contributed by atoms with Crippen molar-refractivity contribution in [3.63, 3.8) is 0 Å². The minimum absolute atomic E-state index is 0.479. The van der Waals surface area contributed by atoms with E-state index in [1.54, 1.807) is 25.5 Å². The molecule has 3 heterocycles. The van der Waals surface area contributed by atoms with Crippen LogP contribution in [0.5, 0.6) is 0 Å². The Morgan fingerprint density at radius 1 is 1.22 bits per heavy atom. The molecule has 120 valence electrons. The Morgan fingerprint density at radius 3 is 2.65 bits per heavy atom. The van der Waals surface area contributed by atoms with Crippen molar-refractivity contribution in [2.24, 2.45) is 0 Å². The van der Waals surface area contributed by atoms with Gasteiger partial charge in [0.1, 0.15) is 10.8 Å². The van der Waals surface area contributed by atoms with Gasteiger partial charge in [0.15, 0.2) is 10.3 Å². The molecule has 1 saturated heterocycles. The van der Waals surface area contributed by atoms with Gasteiger partial charge in [0.05, 0.1) is 0 Å². The van der Waals surface area contributed by atoms with Crippen LogP contribution in [-0.2, 0) is 0 Å². The van der Waals surface area contributed by atoms with E-state index in [1.807, 2.05) is 6.07 Å². The highest BCUT2D eigenvalue weighted by atomic mass is 32.2. The van der Waals surface area contributed by atoms with Gasteiger partial charge in [-0.1, -0.05) is 0 Å². The van der Waals surface area contributed by atoms with Crippen LogP contribution >= 0.6 is 24.0 Å². The van der Waals surface area contributed by atoms with E-state index >= 15 is 0 Å². The van der Waals surface area contributed by atoms with Crippen molar-refractivity contribution in [1.82, 2.24) is 25.3 Å². The summed E-state index contributed by atoms with van der Waals surface area (Å²) in [6, 6.07) is 3.76. The summed E-state index contributed by atoms with van der Waals surface area (Å²) in [4.78, 5) is 19.8. The van der Waals surface area contributed by atoms with E-state index in [-0.39, 0.29) is 0 Å². The first-order chi connectivity index (χ1) is 11.2. The van der Waals surface area contributed by atoms with Gasteiger partial charge in [-0.3, -0.25) is 0 Å². The first-order valence-corrected chi connectivity index (χ1v) is 8.55. The van der Waals surface area contributed by atoms with E-state index < -0.39 is 0 Å². The predicted octanol–water partition coefficient (Wildman–Crippen LogP) is 1.93. The van der Waals surface area contributed by atoms with E-state index in [1.165, 1.54) is 24.6 Å². The second kappa shape index (κ2) is 7.51. The molecule has 0 unspecified atom stereocenters. The van der Waals surface area contributed by atoms with E-state index in [0.29, 0.717) is 16.2 Å². The Morgan fingerprint density at radius 2 is 1.96 bits per heavy atom. The molecule has 1 aliphatic rings. The number of nitrogens with zero attached hydrogens (tertiary/aromatic N) is 5. The van der Waals surface area contributed by atoms with Crippen LogP contribution < -0.4 is 15.5 Å². The molecular formula is C14H17N7S2. The molecule has 23 heavy (non-hydrogen) atoms. The molecule has 9 heteroatoms. The van der Waals surface area contributed by atoms with Crippen LogP contribution in [-0.4, -0.2) is 45.2 Å². The molecule has 0 aromatic carbocycles. The van der Waals surface area contributed by atoms with E-state index in [0.717, 1.165) is 23.9 Å². The molecule has 0 saturated carbocycles. The minimum Gasteiger partial charge on any atom is -0.365 e. The van der Waals surface area contributed by atoms with Gasteiger partial charge in [-0.25, -0.2) is 15.0 Å². The fraction of sp³-hybridized carbons (Fsp3) is 0.357. The number of anilines is 2. The lowest BCUT2D eigenvalue weighted by Gasteiger charge is -2.18. The van der Waals surface area contributed by atoms with E-state index in [2.05, 4.69) is 35.5 Å². The van der Waals surface area contributed by atoms with Gasteiger partial charge in [0.25, 0.3) is 0 Å². The number of rotatable bonds is 4. The number of aromatic nitrogens is 4. The molecule has 0 aliphatic carbocycles. The van der Waals surface area contributed by atoms with Crippen LogP contribution in [0.2, 0.25) is 0 Å². The van der Waals surface area contributed by atoms with Crippen LogP contribution in [0.4, 0.5) is 11.8 Å². The second-order valence-electron chi connectivity index (χ2n) is 4.92. The maximum atomic E-state index is 5.14. The zero-order chi connectivity index (χ0) is 16.1. The third-order valence-corrected chi connectivity index (χ3v) is 4.43. The first-order valence-electron chi connectivity index (χ1n) is 7.32. The lowest BCUT2D eigenvalue weighted by molar-refractivity contribution is 0.908. The molecule has 0 bridgehead atoms. The van der Waals surface area contributed by atoms with Crippen molar-refractivity contribution < 1.29 is 0 Å². The molecular weight excluding hydrogens is 330 g/mol. The largest absolute Gasteiger partial charge is 0.365 e. The first kappa shape index (κ1) is 15.9. The highest BCUT2D eigenvalue weighted by molar-refractivity contribution is 7.99. The average Bonchev–Trinajstić information content (AvgIpc) is 3.10. The molecule has 1 fully saturated rings. The molecule has 1 aliphatic heterocycles. The highest BCUT2D eigenvalue weighted by Gasteiger charge is 2.17. The zero-order valence-electron chi connectivity index (χ0n) is 12.7. The molecule has 2 aromatic heterocycles. The third kappa shape index (κ3) is 4.26. The second-order valence-corrected chi connectivity index (χ2v) is 6.32. The number of hydrogen-bond donors (Lipinski definition) is 2. The van der Waals surface area contributed by atoms with Gasteiger partial charge in [0, 0.05) is 38.6 Å². The average molecular weight is 347 g/mol. The Kier molecular flexibility index (Phi) is 5.19. The normalized spacial score (nSPS) is 13.9. The quantitative estimate of drug-likeness (QED) is 0.490. The molecule has 3 rings (SSSR count). The molecule has 7 nitrogen and oxygen atoms in total. The number of hydrogen-bond acceptors (Lipinski definition) is 7. The molecule has 0 radical (unpaired) electrons. The Hall–Kier alpha value is -2.00. The maximum Gasteiger partial charge on any atom is 0.232 e. The molecule has 0 atom stereocenters. The monoisotopic (exact) mass is 347 g/mol. The van der Waals surface area contributed by atoms with Gasteiger partial charge in [0.2, 0.25) is 5.95 Å². The Bertz CT molecular complexity index is 674. The summed E-state index contributed by atoms with van der Waals surface area (Å²) in [7, 11) is 1.76. The van der Waals surface area contributed by atoms with E-state index in [4.69, 9.17) is 12.2 Å². The van der Waals surface area contributed by atoms with Crippen molar-refractivity contribution in [1.29, 1.82) is 0 Å². The summed E-state index contributed by atoms with van der Waals surface area (Å²) in [5, 5.41) is 7.79. The van der Waals surface area contributed by atoms with E-state index in [9.17, 15) is 0 Å². The Balaban J connectivity index is 1.88. The smallest absolute Gasteiger partial charge is 0.232 e. The standard InChI is InChI=1S/C14H17N7S2/c1-15-13(22)20-12-18-10(21-7-2-3-8-21)9-11(19-12)23-14-16-5-4-6-17-14/h4-6,9H,2-3,7-8H2,1H3,(H2,15,18,19,20,22). The topological polar surface area (TPSA) is 78.9 Å². The van der Waals surface area contributed by atoms with Crippen molar-refractivity contribution in [3.8, 4) is 0 Å². The van der Waals surface area contributed by atoms with Gasteiger partial charge in [-0.05, 0) is 42.9 Å². The highest BCUT2D eigenvalue weighted by Crippen LogP contribution is 2.28. The van der Waals surface area contributed by atoms with Crippen molar-refractivity contribution in [2.75, 3.05) is 30.4 Å². The minimum atomic E-state index is 0.479. The van der Waals surface area contributed by atoms with Gasteiger partial charge in [-0.2, -0.15) is 4.98 Å². The summed E-state index contributed by atoms with van der Waals surface area (Å²) in [6.45, 7) is 2.03. The fourth-order valence-corrected chi connectivity index (χ4v) is 3.03. The fourth-order valence-electron chi connectivity index (χ4n) is 2.22. The lowest BCUT2D eigenvalue weighted by Crippen LogP contribution is -2.26. The Labute approximate surface area is 144 Å². The van der Waals surface area contributed by atoms with Crippen molar-refractivity contribution >= 4 is 40.9 Å². The maximum absolute atomic E-state index is 5.14. The lowest BCUT2D eigenvalue weighted by atomic mass is 10.4. The van der Waals surface area contributed by atoms with Gasteiger partial charge < -0.3 is 15.5 Å². The number of nitrogens with one attached hydrogen (secondary N) is 2. The summed E-state index contributed by atoms with van der Waals surface area (Å²) in [5.74, 6) is 1.38. The SMILES string of the molecule is CNC(=S)Nc1nc(Sc2ncccn2)cc(N2CCCC2)n1. The van der Waals surface area contributed by atoms with Crippen LogP contribution in [0.1, 0.15) is 12.8 Å². The molecule has 0 spiro atoms. The third-order valence-electron chi connectivity index (χ3n) is 3.31. The van der Waals surface area contributed by atoms with Crippen molar-refractivity contribution in [2.45, 2.75) is 23.0 Å². The predicted molar refractivity (Wildman–Crippen MR) is 94.9 cm³/mol. The summed E-state index contributed by atoms with van der Waals surface area (Å²) < 4.78 is 0. The molecule has 0 amide bonds. The van der Waals surface area contributed by atoms with Crippen LogP contribution in [0.25, 0.3) is 0 Å². The van der Waals surface area contributed by atoms with Gasteiger partial charge in [-0.15, -0.1) is 0 Å². The van der Waals surface area contributed by atoms with Crippen molar-refractivity contribution in [3.05, 3.63) is 24.5 Å². The van der Waals surface area contributed by atoms with Gasteiger partial charge >= 0.3 is 0 Å². The molecule has 2 aromatic rings. The van der Waals surface area contributed by atoms with Crippen LogP contribution in [0.15, 0.2) is 34.7 Å². The summed E-state index contributed by atoms with van der Waals surface area (Å²) in [5.41, 5.74) is 0.